The van der Waals surface area contributed by atoms with E-state index in [-0.39, 0.29) is 36.3 Å². The average Bonchev–Trinajstić information content (AvgIpc) is 3.43. The summed E-state index contributed by atoms with van der Waals surface area (Å²) in [6.45, 7) is 5.65. The van der Waals surface area contributed by atoms with Crippen molar-refractivity contribution in [2.24, 2.45) is 5.92 Å². The second-order valence-corrected chi connectivity index (χ2v) is 9.21. The van der Waals surface area contributed by atoms with E-state index in [1.807, 2.05) is 19.9 Å². The van der Waals surface area contributed by atoms with Crippen molar-refractivity contribution in [1.82, 2.24) is 31.4 Å². The molecule has 10 nitrogen and oxygen atoms in total. The summed E-state index contributed by atoms with van der Waals surface area (Å²) in [5.74, 6) is -0.589. The van der Waals surface area contributed by atoms with Crippen LogP contribution < -0.4 is 20.9 Å². The van der Waals surface area contributed by atoms with Gasteiger partial charge < -0.3 is 20.9 Å². The van der Waals surface area contributed by atoms with Gasteiger partial charge in [0.1, 0.15) is 23.9 Å². The topological polar surface area (TPSA) is 132 Å². The molecule has 2 aliphatic heterocycles. The first-order chi connectivity index (χ1) is 16.4. The largest absolute Gasteiger partial charge is 0.349 e. The maximum atomic E-state index is 13.3. The molecule has 1 aromatic carbocycles. The number of rotatable bonds is 8. The number of benzene rings is 1. The minimum absolute atomic E-state index is 0.0161. The van der Waals surface area contributed by atoms with E-state index in [0.717, 1.165) is 30.5 Å². The third kappa shape index (κ3) is 4.90. The Labute approximate surface area is 199 Å². The third-order valence-electron chi connectivity index (χ3n) is 6.84. The number of nitrogens with zero attached hydrogens (tertiary/aromatic N) is 3. The van der Waals surface area contributed by atoms with Crippen LogP contribution in [0, 0.1) is 5.92 Å². The van der Waals surface area contributed by atoms with Crippen LogP contribution in [-0.2, 0) is 33.8 Å². The number of aromatic amines is 1. The van der Waals surface area contributed by atoms with Crippen LogP contribution in [0.5, 0.6) is 0 Å². The zero-order valence-corrected chi connectivity index (χ0v) is 19.9. The molecule has 0 radical (unpaired) electrons. The monoisotopic (exact) mass is 467 g/mol. The average molecular weight is 468 g/mol. The van der Waals surface area contributed by atoms with E-state index in [2.05, 4.69) is 48.4 Å². The number of amides is 3. The summed E-state index contributed by atoms with van der Waals surface area (Å²) >= 11 is 0. The van der Waals surface area contributed by atoms with Gasteiger partial charge in [0.15, 0.2) is 0 Å². The number of H-pyrrole nitrogens is 1. The number of anilines is 1. The Morgan fingerprint density at radius 3 is 2.76 bits per heavy atom. The number of carbonyl (C=O) groups excluding carboxylic acids is 3. The van der Waals surface area contributed by atoms with E-state index in [4.69, 9.17) is 0 Å². The van der Waals surface area contributed by atoms with Crippen LogP contribution in [0.2, 0.25) is 0 Å². The van der Waals surface area contributed by atoms with Gasteiger partial charge in [-0.15, -0.1) is 0 Å². The molecule has 182 valence electrons. The standard InChI is InChI=1S/C24H33N7O3/c1-4-14(2)21(27-15(3)32)24(34)28-20-10-6-8-16-7-5-9-17-11-19(31(20)22(16)17)23(33)25-12-18-13-26-30-29-18/h5,7,9,13-14,19-21H,4,6,8,10-12H2,1-3H3,(H,25,33)(H,27,32)(H,28,34)(H,26,29,30)/t14-,19-,20+,21-/m0/s1. The number of aromatic nitrogens is 3. The van der Waals surface area contributed by atoms with Crippen molar-refractivity contribution in [3.8, 4) is 0 Å². The summed E-state index contributed by atoms with van der Waals surface area (Å²) in [6, 6.07) is 5.12. The number of hydrogen-bond donors (Lipinski definition) is 4. The third-order valence-corrected chi connectivity index (χ3v) is 6.84. The predicted octanol–water partition coefficient (Wildman–Crippen LogP) is 1.18. The van der Waals surface area contributed by atoms with E-state index in [1.165, 1.54) is 12.5 Å². The van der Waals surface area contributed by atoms with Crippen molar-refractivity contribution in [3.05, 3.63) is 41.2 Å². The quantitative estimate of drug-likeness (QED) is 0.461. The number of para-hydroxylation sites is 1. The highest BCUT2D eigenvalue weighted by Gasteiger charge is 2.42. The Morgan fingerprint density at radius 2 is 2.06 bits per heavy atom. The molecule has 0 saturated heterocycles. The van der Waals surface area contributed by atoms with Crippen LogP contribution in [0.4, 0.5) is 5.69 Å². The summed E-state index contributed by atoms with van der Waals surface area (Å²) < 4.78 is 0. The minimum Gasteiger partial charge on any atom is -0.349 e. The summed E-state index contributed by atoms with van der Waals surface area (Å²) in [5.41, 5.74) is 4.01. The molecule has 0 fully saturated rings. The second kappa shape index (κ2) is 10.2. The second-order valence-electron chi connectivity index (χ2n) is 9.21. The molecular formula is C24H33N7O3. The first-order valence-corrected chi connectivity index (χ1v) is 12.0. The molecule has 10 heteroatoms. The maximum absolute atomic E-state index is 13.3. The highest BCUT2D eigenvalue weighted by atomic mass is 16.2. The summed E-state index contributed by atoms with van der Waals surface area (Å²) in [6.07, 6.45) is 5.04. The lowest BCUT2D eigenvalue weighted by Gasteiger charge is -2.36. The van der Waals surface area contributed by atoms with Crippen LogP contribution in [0.25, 0.3) is 0 Å². The van der Waals surface area contributed by atoms with Gasteiger partial charge in [0.2, 0.25) is 17.7 Å². The van der Waals surface area contributed by atoms with Gasteiger partial charge in [0.05, 0.1) is 12.7 Å². The molecule has 0 spiro atoms. The number of hydrogen-bond acceptors (Lipinski definition) is 6. The first kappa shape index (κ1) is 23.7. The van der Waals surface area contributed by atoms with Crippen LogP contribution in [0.15, 0.2) is 24.4 Å². The van der Waals surface area contributed by atoms with Crippen LogP contribution in [-0.4, -0.2) is 51.4 Å². The molecule has 4 N–H and O–H groups in total. The minimum atomic E-state index is -0.623. The first-order valence-electron chi connectivity index (χ1n) is 12.0. The molecule has 0 unspecified atom stereocenters. The highest BCUT2D eigenvalue weighted by molar-refractivity contribution is 5.91. The Morgan fingerprint density at radius 1 is 1.26 bits per heavy atom. The van der Waals surface area contributed by atoms with Crippen molar-refractivity contribution in [3.63, 3.8) is 0 Å². The molecule has 0 saturated carbocycles. The smallest absolute Gasteiger partial charge is 0.244 e. The van der Waals surface area contributed by atoms with Gasteiger partial charge in [-0.1, -0.05) is 38.5 Å². The van der Waals surface area contributed by atoms with Gasteiger partial charge in [0, 0.05) is 19.0 Å². The van der Waals surface area contributed by atoms with Gasteiger partial charge in [-0.3, -0.25) is 14.4 Å². The molecule has 34 heavy (non-hydrogen) atoms. The zero-order chi connectivity index (χ0) is 24.2. The van der Waals surface area contributed by atoms with Gasteiger partial charge >= 0.3 is 0 Å². The van der Waals surface area contributed by atoms with E-state index < -0.39 is 12.1 Å². The molecule has 4 rings (SSSR count). The molecule has 3 amide bonds. The number of nitrogens with one attached hydrogen (secondary N) is 4. The molecular weight excluding hydrogens is 434 g/mol. The Kier molecular flexibility index (Phi) is 7.14. The molecule has 2 aromatic rings. The lowest BCUT2D eigenvalue weighted by molar-refractivity contribution is -0.130. The predicted molar refractivity (Wildman–Crippen MR) is 127 cm³/mol. The number of aryl methyl sites for hydroxylation is 1. The van der Waals surface area contributed by atoms with Crippen molar-refractivity contribution >= 4 is 23.4 Å². The summed E-state index contributed by atoms with van der Waals surface area (Å²) in [5, 5.41) is 19.3. The van der Waals surface area contributed by atoms with E-state index in [1.54, 1.807) is 6.20 Å². The molecule has 0 bridgehead atoms. The van der Waals surface area contributed by atoms with E-state index >= 15 is 0 Å². The van der Waals surface area contributed by atoms with Crippen molar-refractivity contribution in [2.45, 2.75) is 77.7 Å². The molecule has 3 heterocycles. The van der Waals surface area contributed by atoms with Crippen molar-refractivity contribution in [1.29, 1.82) is 0 Å². The lowest BCUT2D eigenvalue weighted by Crippen LogP contribution is -2.59. The zero-order valence-electron chi connectivity index (χ0n) is 19.9. The lowest BCUT2D eigenvalue weighted by atomic mass is 9.98. The number of carbonyl (C=O) groups is 3. The Balaban J connectivity index is 1.59. The normalized spacial score (nSPS) is 20.6. The van der Waals surface area contributed by atoms with Crippen molar-refractivity contribution < 1.29 is 14.4 Å². The fourth-order valence-corrected chi connectivity index (χ4v) is 4.94. The SMILES string of the molecule is CC[C@H](C)[C@H](NC(C)=O)C(=O)N[C@H]1CCCc2cccc3c2N1[C@H](C(=O)NCc1cn[nH]n1)C3. The molecule has 4 atom stereocenters. The molecule has 2 aliphatic rings. The van der Waals surface area contributed by atoms with Gasteiger partial charge in [0.25, 0.3) is 0 Å². The Bertz CT molecular complexity index is 1040. The maximum Gasteiger partial charge on any atom is 0.244 e. The highest BCUT2D eigenvalue weighted by Crippen LogP contribution is 2.40. The summed E-state index contributed by atoms with van der Waals surface area (Å²) in [7, 11) is 0. The fourth-order valence-electron chi connectivity index (χ4n) is 4.94. The van der Waals surface area contributed by atoms with E-state index in [0.29, 0.717) is 18.5 Å². The van der Waals surface area contributed by atoms with Gasteiger partial charge in [-0.25, -0.2) is 0 Å². The van der Waals surface area contributed by atoms with Gasteiger partial charge in [-0.2, -0.15) is 15.4 Å². The van der Waals surface area contributed by atoms with E-state index in [9.17, 15) is 14.4 Å². The molecule has 0 aliphatic carbocycles. The Hall–Kier alpha value is -3.43. The van der Waals surface area contributed by atoms with Crippen LogP contribution in [0.1, 0.15) is 56.9 Å². The van der Waals surface area contributed by atoms with Crippen LogP contribution >= 0.6 is 0 Å². The van der Waals surface area contributed by atoms with Crippen molar-refractivity contribution in [2.75, 3.05) is 4.90 Å². The fraction of sp³-hybridized carbons (Fsp3) is 0.542. The van der Waals surface area contributed by atoms with Gasteiger partial charge in [-0.05, 0) is 36.3 Å². The molecule has 1 aromatic heterocycles. The van der Waals surface area contributed by atoms with Crippen LogP contribution in [0.3, 0.4) is 0 Å². The summed E-state index contributed by atoms with van der Waals surface area (Å²) in [4.78, 5) is 40.5.